The van der Waals surface area contributed by atoms with E-state index in [1.165, 1.54) is 41.5 Å². The molecular formula is C49H36N6O7S6. The van der Waals surface area contributed by atoms with Crippen LogP contribution in [0.25, 0.3) is 43.7 Å². The van der Waals surface area contributed by atoms with E-state index in [1.54, 1.807) is 109 Å². The van der Waals surface area contributed by atoms with Crippen molar-refractivity contribution in [3.63, 3.8) is 0 Å². The minimum atomic E-state index is -1.51. The molecule has 340 valence electrons. The van der Waals surface area contributed by atoms with Crippen LogP contribution >= 0.6 is 46.2 Å². The second kappa shape index (κ2) is 23.0. The van der Waals surface area contributed by atoms with E-state index in [-0.39, 0.29) is 56.5 Å². The molecule has 0 radical (unpaired) electrons. The number of ether oxygens (including phenoxy) is 3. The molecule has 4 heterocycles. The fraction of sp³-hybridized carbons (Fsp3) is 0.122. The number of carbonyl (C=O) groups excluding carboxylic acids is 1. The molecule has 0 amide bonds. The van der Waals surface area contributed by atoms with E-state index >= 15 is 0 Å². The lowest BCUT2D eigenvalue weighted by atomic mass is 9.91. The number of thioether (sulfide) groups is 2. The molecule has 0 saturated heterocycles. The van der Waals surface area contributed by atoms with Gasteiger partial charge in [-0.25, -0.2) is 24.7 Å². The number of rotatable bonds is 19. The molecule has 0 aliphatic carbocycles. The van der Waals surface area contributed by atoms with Gasteiger partial charge in [0.05, 0.1) is 56.6 Å². The minimum absolute atomic E-state index is 0.0664. The number of methoxy groups -OCH3 is 1. The molecule has 4 aromatic carbocycles. The third-order valence-corrected chi connectivity index (χ3v) is 16.9. The van der Waals surface area contributed by atoms with Gasteiger partial charge in [-0.1, -0.05) is 84.2 Å². The maximum absolute atomic E-state index is 14.2. The number of hydrogen-bond acceptors (Lipinski definition) is 17. The molecule has 8 aromatic rings. The predicted molar refractivity (Wildman–Crippen MR) is 266 cm³/mol. The number of benzene rings is 4. The fourth-order valence-electron chi connectivity index (χ4n) is 6.83. The van der Waals surface area contributed by atoms with Crippen LogP contribution in [0.1, 0.15) is 22.8 Å². The van der Waals surface area contributed by atoms with Gasteiger partial charge in [0.25, 0.3) is 0 Å². The lowest BCUT2D eigenvalue weighted by molar-refractivity contribution is -0.149. The van der Waals surface area contributed by atoms with Crippen molar-refractivity contribution >= 4 is 73.8 Å². The van der Waals surface area contributed by atoms with Crippen LogP contribution in [0.2, 0.25) is 0 Å². The Morgan fingerprint density at radius 2 is 1.29 bits per heavy atom. The quantitative estimate of drug-likeness (QED) is 0.0592. The molecule has 1 N–H and O–H groups in total. The highest BCUT2D eigenvalue weighted by molar-refractivity contribution is 8.10. The maximum Gasteiger partial charge on any atom is 0.351 e. The summed E-state index contributed by atoms with van der Waals surface area (Å²) in [7, 11) is -1.59. The highest BCUT2D eigenvalue weighted by Crippen LogP contribution is 2.45. The number of pyridine rings is 2. The number of esters is 1. The number of aromatic nitrogens is 4. The zero-order valence-electron chi connectivity index (χ0n) is 35.7. The Balaban J connectivity index is 1.21. The summed E-state index contributed by atoms with van der Waals surface area (Å²) in [6.45, 7) is -0.124. The lowest BCUT2D eigenvalue weighted by Gasteiger charge is -2.24. The monoisotopic (exact) mass is 1010 g/mol. The minimum Gasteiger partial charge on any atom is -0.491 e. The Labute approximate surface area is 412 Å². The van der Waals surface area contributed by atoms with Crippen LogP contribution in [0.4, 0.5) is 0 Å². The van der Waals surface area contributed by atoms with Crippen LogP contribution in [0, 0.1) is 22.7 Å². The summed E-state index contributed by atoms with van der Waals surface area (Å²) < 4.78 is 44.4. The number of nitriles is 2. The topological polar surface area (TPSA) is 198 Å². The van der Waals surface area contributed by atoms with Gasteiger partial charge in [0, 0.05) is 49.6 Å². The molecule has 8 rings (SSSR count). The number of nitrogens with zero attached hydrogens (tertiary/aromatic N) is 6. The number of hydrogen-bond donors (Lipinski definition) is 1. The second-order valence-corrected chi connectivity index (χ2v) is 21.4. The summed E-state index contributed by atoms with van der Waals surface area (Å²) in [5.74, 6) is -0.0919. The van der Waals surface area contributed by atoms with Gasteiger partial charge in [0.15, 0.2) is 0 Å². The molecule has 4 aromatic heterocycles. The lowest BCUT2D eigenvalue weighted by Crippen LogP contribution is -2.23. The third-order valence-electron chi connectivity index (χ3n) is 9.92. The van der Waals surface area contributed by atoms with Gasteiger partial charge >= 0.3 is 5.97 Å². The summed E-state index contributed by atoms with van der Waals surface area (Å²) in [6.07, 6.45) is 1.76. The highest BCUT2D eigenvalue weighted by Gasteiger charge is 2.35. The first-order valence-electron chi connectivity index (χ1n) is 20.3. The Hall–Kier alpha value is -6.55. The van der Waals surface area contributed by atoms with Crippen molar-refractivity contribution < 1.29 is 32.5 Å². The zero-order valence-corrected chi connectivity index (χ0v) is 40.6. The third kappa shape index (κ3) is 11.1. The van der Waals surface area contributed by atoms with Crippen molar-refractivity contribution in [2.24, 2.45) is 0 Å². The van der Waals surface area contributed by atoms with Crippen LogP contribution < -0.4 is 9.47 Å². The predicted octanol–water partition coefficient (Wildman–Crippen LogP) is 10.2. The van der Waals surface area contributed by atoms with Gasteiger partial charge in [0.1, 0.15) is 61.7 Å². The molecule has 0 spiro atoms. The van der Waals surface area contributed by atoms with E-state index in [4.69, 9.17) is 24.2 Å². The Bertz CT molecular complexity index is 3150. The molecule has 0 aliphatic rings. The molecule has 0 bridgehead atoms. The first-order chi connectivity index (χ1) is 33.3. The van der Waals surface area contributed by atoms with E-state index in [0.29, 0.717) is 58.5 Å². The summed E-state index contributed by atoms with van der Waals surface area (Å²) in [4.78, 5) is 34.3. The largest absolute Gasteiger partial charge is 0.491 e. The molecule has 0 saturated carbocycles. The van der Waals surface area contributed by atoms with Crippen molar-refractivity contribution in [3.8, 4) is 67.3 Å². The van der Waals surface area contributed by atoms with E-state index in [9.17, 15) is 28.8 Å². The Morgan fingerprint density at radius 1 is 0.735 bits per heavy atom. The van der Waals surface area contributed by atoms with Gasteiger partial charge in [-0.2, -0.15) is 10.5 Å². The number of aliphatic hydroxyl groups excluding tert-OH is 1. The number of carbonyl (C=O) groups is 1. The molecule has 3 unspecified atom stereocenters. The molecule has 19 heteroatoms. The van der Waals surface area contributed by atoms with Crippen molar-refractivity contribution in [1.82, 2.24) is 19.9 Å². The summed E-state index contributed by atoms with van der Waals surface area (Å²) >= 11 is 5.03. The number of aliphatic hydroxyl groups is 1. The molecule has 68 heavy (non-hydrogen) atoms. The highest BCUT2D eigenvalue weighted by atomic mass is 32.2. The van der Waals surface area contributed by atoms with Crippen LogP contribution in [0.3, 0.4) is 0 Å². The number of thiazole rings is 2. The van der Waals surface area contributed by atoms with Crippen LogP contribution in [-0.2, 0) is 31.1 Å². The second-order valence-electron chi connectivity index (χ2n) is 14.0. The van der Waals surface area contributed by atoms with Gasteiger partial charge in [-0.05, 0) is 65.7 Å². The van der Waals surface area contributed by atoms with Gasteiger partial charge < -0.3 is 19.3 Å². The van der Waals surface area contributed by atoms with Crippen molar-refractivity contribution in [2.45, 2.75) is 25.9 Å². The van der Waals surface area contributed by atoms with Gasteiger partial charge in [0.2, 0.25) is 6.10 Å². The standard InChI is InChI=1S/C49H36N6O7S6/c1-60-49(57)44(62-34-18-12-31(13-19-34)37-26-40(47-52-20-24-63-47)54-45(38(37)27-50)65-29-67(58)35-8-4-2-5-9-35)42-41(32-14-16-33(17-15-32)61-23-22-56)39(28-51)46(55-43(42)48-53-21-25-64-48)66-30-68(59)36-10-6-3-7-11-36/h2-21,24-26,44,56H,22-23,29-30H2,1H3. The average molecular weight is 1010 g/mol. The average Bonchev–Trinajstić information content (AvgIpc) is 4.15. The van der Waals surface area contributed by atoms with Crippen LogP contribution in [-0.4, -0.2) is 69.9 Å². The van der Waals surface area contributed by atoms with E-state index in [1.807, 2.05) is 29.6 Å². The molecule has 13 nitrogen and oxygen atoms in total. The summed E-state index contributed by atoms with van der Waals surface area (Å²) in [5, 5.41) is 36.5. The van der Waals surface area contributed by atoms with Crippen LogP contribution in [0.5, 0.6) is 11.5 Å². The van der Waals surface area contributed by atoms with E-state index in [2.05, 4.69) is 22.1 Å². The molecule has 0 fully saturated rings. The van der Waals surface area contributed by atoms with Gasteiger partial charge in [-0.3, -0.25) is 8.42 Å². The SMILES string of the molecule is COC(=O)C(Oc1ccc(-c2cc(-c3nccs3)nc(SCS(=O)c3ccccc3)c2C#N)cc1)c1c(-c2nccs2)nc(SCS(=O)c2ccccc2)c(C#N)c1-c1ccc(OCCO)cc1. The fourth-order valence-corrected chi connectivity index (χ4v) is 12.7. The summed E-state index contributed by atoms with van der Waals surface area (Å²) in [6, 6.07) is 38.1. The molecule has 3 atom stereocenters. The van der Waals surface area contributed by atoms with E-state index < -0.39 is 33.7 Å². The van der Waals surface area contributed by atoms with Crippen molar-refractivity contribution in [2.75, 3.05) is 30.5 Å². The molecular weight excluding hydrogens is 977 g/mol. The van der Waals surface area contributed by atoms with Crippen molar-refractivity contribution in [1.29, 1.82) is 10.5 Å². The first kappa shape index (κ1) is 47.9. The molecule has 0 aliphatic heterocycles. The smallest absolute Gasteiger partial charge is 0.351 e. The maximum atomic E-state index is 14.2. The van der Waals surface area contributed by atoms with Crippen LogP contribution in [0.15, 0.2) is 158 Å². The normalized spacial score (nSPS) is 12.3. The first-order valence-corrected chi connectivity index (χ1v) is 26.7. The zero-order chi connectivity index (χ0) is 47.4. The Kier molecular flexibility index (Phi) is 16.2. The Morgan fingerprint density at radius 3 is 1.84 bits per heavy atom. The van der Waals surface area contributed by atoms with Gasteiger partial charge in [-0.15, -0.1) is 22.7 Å². The summed E-state index contributed by atoms with van der Waals surface area (Å²) in [5.41, 5.74) is 3.38. The van der Waals surface area contributed by atoms with Crippen molar-refractivity contribution in [3.05, 3.63) is 155 Å². The van der Waals surface area contributed by atoms with E-state index in [0.717, 1.165) is 11.8 Å².